The van der Waals surface area contributed by atoms with Crippen LogP contribution in [0.2, 0.25) is 0 Å². The molecule has 4 aromatic carbocycles. The largest absolute Gasteiger partial charge is 0.444 e. The summed E-state index contributed by atoms with van der Waals surface area (Å²) in [5.41, 5.74) is 3.54. The Balaban J connectivity index is 0.000000165. The fraction of sp³-hybridized carbons (Fsp3) is 0.351. The molecule has 0 fully saturated rings. The third kappa shape index (κ3) is 13.9. The predicted octanol–water partition coefficient (Wildman–Crippen LogP) is 12.3. The van der Waals surface area contributed by atoms with E-state index in [9.17, 15) is 14.4 Å². The van der Waals surface area contributed by atoms with Crippen molar-refractivity contribution in [2.75, 3.05) is 26.2 Å². The maximum atomic E-state index is 12.6. The third-order valence-electron chi connectivity index (χ3n) is 11.9. The van der Waals surface area contributed by atoms with Crippen molar-refractivity contribution in [3.8, 4) is 0 Å². The van der Waals surface area contributed by atoms with E-state index in [-0.39, 0.29) is 41.4 Å². The van der Waals surface area contributed by atoms with Gasteiger partial charge in [-0.15, -0.1) is 6.58 Å². The van der Waals surface area contributed by atoms with Crippen molar-refractivity contribution in [2.45, 2.75) is 91.6 Å². The molecule has 8 heteroatoms. The van der Waals surface area contributed by atoms with E-state index in [0.717, 1.165) is 30.6 Å². The standard InChI is InChI=1S/C16H21NO.C16H19NO.C15H19NO2.C10H11N/c2*1-4-16(2,3)15(18)17-12-8-11-14(17)13-9-6-5-7-10-13;1-15(2,3)18-14(17)16-11-7-10-13(16)12-8-5-4-6-9-12;1-2-5-9(6-3-1)10-7-4-8-11-10/h5-11,14H,4,12H2,1-3H3;4-11,14H,1,12H2,2-3H3;4-10,13H,11H2,1-3H3;1-7,10-11H,8H2/t2*14-;13-;10-/m0000/s1. The van der Waals surface area contributed by atoms with E-state index in [1.54, 1.807) is 11.0 Å². The Morgan fingerprint density at radius 1 is 0.569 bits per heavy atom. The maximum absolute atomic E-state index is 12.6. The summed E-state index contributed by atoms with van der Waals surface area (Å²) in [6.07, 6.45) is 19.1. The van der Waals surface area contributed by atoms with E-state index in [0.29, 0.717) is 19.1 Å². The molecule has 0 aliphatic carbocycles. The van der Waals surface area contributed by atoms with E-state index >= 15 is 0 Å². The number of carbonyl (C=O) groups excluding carboxylic acids is 3. The average molecular weight is 875 g/mol. The van der Waals surface area contributed by atoms with E-state index in [2.05, 4.69) is 104 Å². The van der Waals surface area contributed by atoms with Crippen molar-refractivity contribution < 1.29 is 19.1 Å². The van der Waals surface area contributed by atoms with E-state index in [4.69, 9.17) is 4.74 Å². The fourth-order valence-electron chi connectivity index (χ4n) is 7.67. The van der Waals surface area contributed by atoms with Crippen LogP contribution >= 0.6 is 0 Å². The lowest BCUT2D eigenvalue weighted by atomic mass is 9.88. The van der Waals surface area contributed by atoms with Crippen molar-refractivity contribution in [1.29, 1.82) is 0 Å². The highest BCUT2D eigenvalue weighted by Crippen LogP contribution is 2.34. The maximum Gasteiger partial charge on any atom is 0.411 e. The molecule has 3 amide bonds. The molecule has 4 aliphatic heterocycles. The minimum atomic E-state index is -0.515. The van der Waals surface area contributed by atoms with Crippen LogP contribution < -0.4 is 5.32 Å². The molecule has 0 bridgehead atoms. The van der Waals surface area contributed by atoms with Gasteiger partial charge in [0.25, 0.3) is 0 Å². The number of carbonyl (C=O) groups is 3. The number of nitrogens with zero attached hydrogens (tertiary/aromatic N) is 3. The number of amides is 3. The molecular formula is C57H70N4O4. The Morgan fingerprint density at radius 3 is 1.32 bits per heavy atom. The molecule has 4 heterocycles. The van der Waals surface area contributed by atoms with Gasteiger partial charge in [-0.05, 0) is 63.3 Å². The van der Waals surface area contributed by atoms with Gasteiger partial charge in [-0.3, -0.25) is 14.5 Å². The summed E-state index contributed by atoms with van der Waals surface area (Å²) in [5.74, 6) is 0.361. The quantitative estimate of drug-likeness (QED) is 0.178. The van der Waals surface area contributed by atoms with Crippen LogP contribution in [0.15, 0.2) is 183 Å². The smallest absolute Gasteiger partial charge is 0.411 e. The van der Waals surface area contributed by atoms with Crippen LogP contribution in [0.1, 0.15) is 108 Å². The van der Waals surface area contributed by atoms with E-state index < -0.39 is 11.0 Å². The Morgan fingerprint density at radius 2 is 0.954 bits per heavy atom. The molecule has 0 spiro atoms. The Bertz CT molecular complexity index is 2260. The molecule has 0 radical (unpaired) electrons. The second kappa shape index (κ2) is 23.1. The van der Waals surface area contributed by atoms with E-state index in [1.165, 1.54) is 11.1 Å². The van der Waals surface area contributed by atoms with Gasteiger partial charge < -0.3 is 19.9 Å². The van der Waals surface area contributed by atoms with Crippen molar-refractivity contribution in [3.63, 3.8) is 0 Å². The van der Waals surface area contributed by atoms with Crippen molar-refractivity contribution in [2.24, 2.45) is 10.8 Å². The first kappa shape index (κ1) is 49.8. The summed E-state index contributed by atoms with van der Waals surface area (Å²) in [6, 6.07) is 41.4. The molecule has 0 aromatic heterocycles. The Labute approximate surface area is 389 Å². The lowest BCUT2D eigenvalue weighted by Gasteiger charge is -2.32. The van der Waals surface area contributed by atoms with Gasteiger partial charge in [0.05, 0.1) is 29.6 Å². The molecule has 4 aliphatic rings. The van der Waals surface area contributed by atoms with Crippen LogP contribution in [0.4, 0.5) is 4.79 Å². The zero-order chi connectivity index (χ0) is 47.0. The summed E-state index contributed by atoms with van der Waals surface area (Å²) in [6.45, 7) is 22.3. The number of hydrogen-bond donors (Lipinski definition) is 1. The lowest BCUT2D eigenvalue weighted by Crippen LogP contribution is -2.40. The highest BCUT2D eigenvalue weighted by atomic mass is 16.6. The summed E-state index contributed by atoms with van der Waals surface area (Å²) in [5, 5.41) is 3.36. The number of rotatable bonds is 8. The first-order valence-electron chi connectivity index (χ1n) is 22.9. The van der Waals surface area contributed by atoms with Crippen LogP contribution in [0.25, 0.3) is 0 Å². The van der Waals surface area contributed by atoms with Crippen LogP contribution in [0, 0.1) is 10.8 Å². The molecule has 65 heavy (non-hydrogen) atoms. The minimum Gasteiger partial charge on any atom is -0.444 e. The molecular weight excluding hydrogens is 805 g/mol. The molecule has 342 valence electrons. The molecule has 0 unspecified atom stereocenters. The Hall–Kier alpha value is -6.25. The second-order valence-corrected chi connectivity index (χ2v) is 18.8. The van der Waals surface area contributed by atoms with Crippen LogP contribution in [0.3, 0.4) is 0 Å². The van der Waals surface area contributed by atoms with Gasteiger partial charge in [0.15, 0.2) is 0 Å². The molecule has 1 N–H and O–H groups in total. The van der Waals surface area contributed by atoms with E-state index in [1.807, 2.05) is 143 Å². The number of nitrogens with one attached hydrogen (secondary N) is 1. The van der Waals surface area contributed by atoms with Gasteiger partial charge in [0, 0.05) is 31.6 Å². The normalized spacial score (nSPS) is 19.7. The summed E-state index contributed by atoms with van der Waals surface area (Å²) >= 11 is 0. The average Bonchev–Trinajstić information content (AvgIpc) is 4.18. The van der Waals surface area contributed by atoms with Crippen LogP contribution in [-0.2, 0) is 14.3 Å². The highest BCUT2D eigenvalue weighted by molar-refractivity contribution is 5.85. The zero-order valence-electron chi connectivity index (χ0n) is 39.8. The number of ether oxygens (including phenoxy) is 1. The molecule has 0 saturated heterocycles. The first-order valence-corrected chi connectivity index (χ1v) is 22.9. The lowest BCUT2D eigenvalue weighted by molar-refractivity contribution is -0.141. The monoisotopic (exact) mass is 875 g/mol. The number of hydrogen-bond acceptors (Lipinski definition) is 5. The SMILES string of the molecule is C1=C[C@@H](c2ccccc2)NC1.C=CC(C)(C)C(=O)N1CC=C[C@H]1c1ccccc1.CC(C)(C)OC(=O)N1CC=C[C@H]1c1ccccc1.CCC(C)(C)C(=O)N1CC=C[C@H]1c1ccccc1. The predicted molar refractivity (Wildman–Crippen MR) is 266 cm³/mol. The molecule has 8 nitrogen and oxygen atoms in total. The summed E-state index contributed by atoms with van der Waals surface area (Å²) in [4.78, 5) is 42.8. The van der Waals surface area contributed by atoms with Crippen LogP contribution in [0.5, 0.6) is 0 Å². The topological polar surface area (TPSA) is 82.2 Å². The molecule has 4 atom stereocenters. The molecule has 4 aromatic rings. The van der Waals surface area contributed by atoms with Gasteiger partial charge >= 0.3 is 6.09 Å². The fourth-order valence-corrected chi connectivity index (χ4v) is 7.67. The third-order valence-corrected chi connectivity index (χ3v) is 11.9. The van der Waals surface area contributed by atoms with Crippen LogP contribution in [-0.4, -0.2) is 64.4 Å². The van der Waals surface area contributed by atoms with Gasteiger partial charge in [-0.2, -0.15) is 0 Å². The molecule has 8 rings (SSSR count). The first-order chi connectivity index (χ1) is 31.1. The van der Waals surface area contributed by atoms with Gasteiger partial charge in [0.1, 0.15) is 5.60 Å². The zero-order valence-corrected chi connectivity index (χ0v) is 39.8. The second-order valence-electron chi connectivity index (χ2n) is 18.8. The molecule has 0 saturated carbocycles. The van der Waals surface area contributed by atoms with Crippen molar-refractivity contribution in [1.82, 2.24) is 20.0 Å². The van der Waals surface area contributed by atoms with Gasteiger partial charge in [0.2, 0.25) is 11.8 Å². The Kier molecular flexibility index (Phi) is 17.7. The van der Waals surface area contributed by atoms with Gasteiger partial charge in [-0.25, -0.2) is 4.79 Å². The summed E-state index contributed by atoms with van der Waals surface area (Å²) < 4.78 is 5.42. The van der Waals surface area contributed by atoms with Crippen molar-refractivity contribution >= 4 is 17.9 Å². The highest BCUT2D eigenvalue weighted by Gasteiger charge is 2.36. The number of benzene rings is 4. The van der Waals surface area contributed by atoms with Gasteiger partial charge in [-0.1, -0.05) is 197 Å². The minimum absolute atomic E-state index is 0.0129. The van der Waals surface area contributed by atoms with Crippen molar-refractivity contribution in [3.05, 3.63) is 205 Å². The summed E-state index contributed by atoms with van der Waals surface area (Å²) in [7, 11) is 0.